The number of halogens is 1. The molecule has 1 heterocycles. The van der Waals surface area contributed by atoms with Crippen LogP contribution in [0.25, 0.3) is 10.9 Å². The Labute approximate surface area is 154 Å². The molecule has 0 spiro atoms. The van der Waals surface area contributed by atoms with Crippen LogP contribution in [0.2, 0.25) is 0 Å². The van der Waals surface area contributed by atoms with Crippen molar-refractivity contribution < 1.29 is 19.0 Å². The highest BCUT2D eigenvalue weighted by molar-refractivity contribution is 5.88. The van der Waals surface area contributed by atoms with E-state index in [-0.39, 0.29) is 35.5 Å². The summed E-state index contributed by atoms with van der Waals surface area (Å²) < 4.78 is 20.0. The highest BCUT2D eigenvalue weighted by Crippen LogP contribution is 2.16. The van der Waals surface area contributed by atoms with E-state index in [1.807, 2.05) is 0 Å². The smallest absolute Gasteiger partial charge is 0.261 e. The minimum atomic E-state index is -0.947. The lowest BCUT2D eigenvalue weighted by molar-refractivity contribution is -0.114. The van der Waals surface area contributed by atoms with Crippen LogP contribution < -0.4 is 15.6 Å². The van der Waals surface area contributed by atoms with E-state index in [2.05, 4.69) is 10.3 Å². The zero-order chi connectivity index (χ0) is 19.4. The van der Waals surface area contributed by atoms with Crippen LogP contribution in [0.15, 0.2) is 53.6 Å². The summed E-state index contributed by atoms with van der Waals surface area (Å²) in [5.74, 6) is -0.121. The van der Waals surface area contributed by atoms with Crippen molar-refractivity contribution in [2.75, 3.05) is 11.9 Å². The molecule has 0 saturated carbocycles. The van der Waals surface area contributed by atoms with Gasteiger partial charge in [-0.05, 0) is 36.4 Å². The van der Waals surface area contributed by atoms with Crippen molar-refractivity contribution >= 4 is 22.5 Å². The number of nitrogens with zero attached hydrogens (tertiary/aromatic N) is 2. The molecule has 1 aromatic heterocycles. The Balaban J connectivity index is 1.62. The Hall–Kier alpha value is -3.26. The molecule has 27 heavy (non-hydrogen) atoms. The van der Waals surface area contributed by atoms with Gasteiger partial charge in [0.25, 0.3) is 5.56 Å². The Morgan fingerprint density at radius 3 is 2.74 bits per heavy atom. The zero-order valence-electron chi connectivity index (χ0n) is 14.6. The van der Waals surface area contributed by atoms with E-state index in [4.69, 9.17) is 4.74 Å². The number of carbonyl (C=O) groups excluding carboxylic acids is 1. The fourth-order valence-corrected chi connectivity index (χ4v) is 2.57. The summed E-state index contributed by atoms with van der Waals surface area (Å²) in [6.45, 7) is 1.37. The van der Waals surface area contributed by atoms with E-state index in [0.717, 1.165) is 0 Å². The molecule has 1 atom stereocenters. The molecule has 2 aromatic carbocycles. The highest BCUT2D eigenvalue weighted by Gasteiger charge is 2.11. The topological polar surface area (TPSA) is 93.4 Å². The van der Waals surface area contributed by atoms with Crippen molar-refractivity contribution in [3.05, 3.63) is 65.0 Å². The van der Waals surface area contributed by atoms with Crippen LogP contribution >= 0.6 is 0 Å². The van der Waals surface area contributed by atoms with Gasteiger partial charge in [0.2, 0.25) is 5.91 Å². The molecule has 0 aliphatic carbocycles. The minimum absolute atomic E-state index is 0.0108. The molecule has 0 aliphatic heterocycles. The van der Waals surface area contributed by atoms with Gasteiger partial charge in [-0.15, -0.1) is 0 Å². The molecule has 0 radical (unpaired) electrons. The number of fused-ring (bicyclic) bond motifs is 1. The lowest BCUT2D eigenvalue weighted by atomic mass is 10.2. The van der Waals surface area contributed by atoms with Crippen LogP contribution in [-0.2, 0) is 11.3 Å². The predicted molar refractivity (Wildman–Crippen MR) is 98.2 cm³/mol. The molecule has 0 aliphatic rings. The number of nitrogens with one attached hydrogen (secondary N) is 1. The van der Waals surface area contributed by atoms with Crippen molar-refractivity contribution in [2.24, 2.45) is 0 Å². The summed E-state index contributed by atoms with van der Waals surface area (Å²) in [5.41, 5.74) is 0.542. The van der Waals surface area contributed by atoms with Crippen LogP contribution in [-0.4, -0.2) is 33.3 Å². The molecular formula is C19H18FN3O4. The second-order valence-corrected chi connectivity index (χ2v) is 6.03. The lowest BCUT2D eigenvalue weighted by Crippen LogP contribution is -2.30. The maximum Gasteiger partial charge on any atom is 0.261 e. The molecule has 8 heteroatoms. The van der Waals surface area contributed by atoms with Crippen molar-refractivity contribution in [3.8, 4) is 5.75 Å². The van der Waals surface area contributed by atoms with Gasteiger partial charge in [0, 0.05) is 18.7 Å². The monoisotopic (exact) mass is 371 g/mol. The molecule has 0 saturated heterocycles. The Morgan fingerprint density at radius 2 is 2.04 bits per heavy atom. The number of anilines is 1. The SMILES string of the molecule is CC(=O)Nc1ccc(OC[C@@H](O)Cn2cnc3cc(F)ccc3c2=O)cc1. The maximum absolute atomic E-state index is 13.2. The van der Waals surface area contributed by atoms with Crippen LogP contribution in [0.3, 0.4) is 0 Å². The van der Waals surface area contributed by atoms with Crippen LogP contribution in [0.4, 0.5) is 10.1 Å². The van der Waals surface area contributed by atoms with Crippen molar-refractivity contribution in [2.45, 2.75) is 19.6 Å². The summed E-state index contributed by atoms with van der Waals surface area (Å²) in [5, 5.41) is 13.1. The van der Waals surface area contributed by atoms with Gasteiger partial charge in [-0.2, -0.15) is 0 Å². The summed E-state index contributed by atoms with van der Waals surface area (Å²) in [7, 11) is 0. The standard InChI is InChI=1S/C19H18FN3O4/c1-12(24)22-14-3-5-16(6-4-14)27-10-15(25)9-23-11-21-18-8-13(20)2-7-17(18)19(23)26/h2-8,11,15,25H,9-10H2,1H3,(H,22,24)/t15-/m0/s1. The van der Waals surface area contributed by atoms with Crippen molar-refractivity contribution in [3.63, 3.8) is 0 Å². The number of rotatable bonds is 6. The molecular weight excluding hydrogens is 353 g/mol. The molecule has 7 nitrogen and oxygen atoms in total. The first kappa shape index (κ1) is 18.5. The third kappa shape index (κ3) is 4.68. The molecule has 140 valence electrons. The summed E-state index contributed by atoms with van der Waals surface area (Å²) in [4.78, 5) is 27.4. The van der Waals surface area contributed by atoms with Gasteiger partial charge < -0.3 is 15.2 Å². The molecule has 0 unspecified atom stereocenters. The van der Waals surface area contributed by atoms with Gasteiger partial charge in [0.05, 0.1) is 23.8 Å². The quantitative estimate of drug-likeness (QED) is 0.691. The average Bonchev–Trinajstić information content (AvgIpc) is 2.63. The van der Waals surface area contributed by atoms with Gasteiger partial charge >= 0.3 is 0 Å². The fraction of sp³-hybridized carbons (Fsp3) is 0.211. The Bertz CT molecular complexity index is 1020. The Morgan fingerprint density at radius 1 is 1.30 bits per heavy atom. The molecule has 2 N–H and O–H groups in total. The van der Waals surface area contributed by atoms with Gasteiger partial charge in [-0.3, -0.25) is 14.2 Å². The van der Waals surface area contributed by atoms with Gasteiger partial charge in [-0.25, -0.2) is 9.37 Å². The van der Waals surface area contributed by atoms with Crippen LogP contribution in [0.5, 0.6) is 5.75 Å². The van der Waals surface area contributed by atoms with E-state index in [1.54, 1.807) is 24.3 Å². The minimum Gasteiger partial charge on any atom is -0.491 e. The average molecular weight is 371 g/mol. The second kappa shape index (κ2) is 7.96. The first-order valence-electron chi connectivity index (χ1n) is 8.25. The number of ether oxygens (including phenoxy) is 1. The molecule has 1 amide bonds. The first-order valence-corrected chi connectivity index (χ1v) is 8.25. The van der Waals surface area contributed by atoms with E-state index in [1.165, 1.54) is 36.0 Å². The first-order chi connectivity index (χ1) is 12.9. The van der Waals surface area contributed by atoms with E-state index in [0.29, 0.717) is 11.4 Å². The number of amides is 1. The van der Waals surface area contributed by atoms with Crippen molar-refractivity contribution in [1.82, 2.24) is 9.55 Å². The third-order valence-electron chi connectivity index (χ3n) is 3.81. The Kier molecular flexibility index (Phi) is 5.46. The van der Waals surface area contributed by atoms with Crippen LogP contribution in [0.1, 0.15) is 6.92 Å². The molecule has 3 aromatic rings. The highest BCUT2D eigenvalue weighted by atomic mass is 19.1. The summed E-state index contributed by atoms with van der Waals surface area (Å²) >= 11 is 0. The second-order valence-electron chi connectivity index (χ2n) is 6.03. The molecule has 0 bridgehead atoms. The fourth-order valence-electron chi connectivity index (χ4n) is 2.57. The van der Waals surface area contributed by atoms with E-state index >= 15 is 0 Å². The van der Waals surface area contributed by atoms with E-state index < -0.39 is 11.9 Å². The zero-order valence-corrected chi connectivity index (χ0v) is 14.6. The predicted octanol–water partition coefficient (Wildman–Crippen LogP) is 1.93. The number of carbonyl (C=O) groups is 1. The number of aromatic nitrogens is 2. The lowest BCUT2D eigenvalue weighted by Gasteiger charge is -2.14. The van der Waals surface area contributed by atoms with Gasteiger partial charge in [-0.1, -0.05) is 0 Å². The third-order valence-corrected chi connectivity index (χ3v) is 3.81. The molecule has 3 rings (SSSR count). The number of aliphatic hydroxyl groups is 1. The van der Waals surface area contributed by atoms with Crippen LogP contribution in [0, 0.1) is 5.82 Å². The number of hydrogen-bond acceptors (Lipinski definition) is 5. The normalized spacial score (nSPS) is 12.0. The summed E-state index contributed by atoms with van der Waals surface area (Å²) in [6, 6.07) is 10.4. The largest absolute Gasteiger partial charge is 0.491 e. The number of aliphatic hydroxyl groups excluding tert-OH is 1. The summed E-state index contributed by atoms with van der Waals surface area (Å²) in [6.07, 6.45) is 0.327. The maximum atomic E-state index is 13.2. The van der Waals surface area contributed by atoms with Gasteiger partial charge in [0.15, 0.2) is 0 Å². The van der Waals surface area contributed by atoms with Crippen molar-refractivity contribution in [1.29, 1.82) is 0 Å². The van der Waals surface area contributed by atoms with Gasteiger partial charge in [0.1, 0.15) is 24.3 Å². The number of benzene rings is 2. The number of hydrogen-bond donors (Lipinski definition) is 2. The molecule has 0 fully saturated rings. The van der Waals surface area contributed by atoms with E-state index in [9.17, 15) is 19.1 Å².